The van der Waals surface area contributed by atoms with E-state index < -0.39 is 17.6 Å². The van der Waals surface area contributed by atoms with Crippen LogP contribution in [0.25, 0.3) is 11.1 Å². The molecule has 0 saturated heterocycles. The fraction of sp³-hybridized carbons (Fsp3) is 0.423. The molecule has 0 bridgehead atoms. The van der Waals surface area contributed by atoms with Gasteiger partial charge in [-0.1, -0.05) is 55.5 Å². The van der Waals surface area contributed by atoms with Crippen molar-refractivity contribution in [1.82, 2.24) is 10.6 Å². The third-order valence-electron chi connectivity index (χ3n) is 6.64. The molecule has 2 amide bonds. The second-order valence-corrected chi connectivity index (χ2v) is 9.11. The number of amides is 2. The SMILES string of the molecule is CC(CCNC(=O)C1(NC(=O)OCC2c3ccccc3-c3ccccc32)CC1)CCC(=O)O. The van der Waals surface area contributed by atoms with Gasteiger partial charge in [0, 0.05) is 18.9 Å². The molecule has 1 fully saturated rings. The topological polar surface area (TPSA) is 105 Å². The number of carbonyl (C=O) groups excluding carboxylic acids is 2. The summed E-state index contributed by atoms with van der Waals surface area (Å²) in [4.78, 5) is 35.8. The molecule has 1 unspecified atom stereocenters. The summed E-state index contributed by atoms with van der Waals surface area (Å²) in [5, 5.41) is 14.4. The van der Waals surface area contributed by atoms with Gasteiger partial charge in [0.05, 0.1) is 0 Å². The molecule has 4 rings (SSSR count). The number of carboxylic acids is 1. The molecule has 0 spiro atoms. The minimum Gasteiger partial charge on any atom is -0.481 e. The molecule has 1 atom stereocenters. The highest BCUT2D eigenvalue weighted by atomic mass is 16.5. The number of ether oxygens (including phenoxy) is 1. The average molecular weight is 451 g/mol. The molecule has 2 aromatic rings. The van der Waals surface area contributed by atoms with Crippen molar-refractivity contribution in [1.29, 1.82) is 0 Å². The Morgan fingerprint density at radius 2 is 1.64 bits per heavy atom. The van der Waals surface area contributed by atoms with Crippen LogP contribution < -0.4 is 10.6 Å². The molecule has 1 saturated carbocycles. The lowest BCUT2D eigenvalue weighted by atomic mass is 9.98. The first-order valence-corrected chi connectivity index (χ1v) is 11.5. The zero-order valence-corrected chi connectivity index (χ0v) is 18.8. The van der Waals surface area contributed by atoms with Crippen molar-refractivity contribution in [2.75, 3.05) is 13.2 Å². The molecule has 7 heteroatoms. The summed E-state index contributed by atoms with van der Waals surface area (Å²) in [5.74, 6) is -0.845. The highest BCUT2D eigenvalue weighted by molar-refractivity contribution is 5.92. The van der Waals surface area contributed by atoms with Gasteiger partial charge in [0.2, 0.25) is 5.91 Å². The first kappa shape index (κ1) is 22.8. The van der Waals surface area contributed by atoms with Crippen LogP contribution in [0.15, 0.2) is 48.5 Å². The van der Waals surface area contributed by atoms with Gasteiger partial charge in [-0.2, -0.15) is 0 Å². The van der Waals surface area contributed by atoms with Crippen LogP contribution in [0.1, 0.15) is 56.1 Å². The predicted molar refractivity (Wildman–Crippen MR) is 124 cm³/mol. The molecular weight excluding hydrogens is 420 g/mol. The van der Waals surface area contributed by atoms with E-state index in [2.05, 4.69) is 34.9 Å². The minimum absolute atomic E-state index is 0.0283. The molecule has 0 aromatic heterocycles. The van der Waals surface area contributed by atoms with E-state index in [-0.39, 0.29) is 30.8 Å². The van der Waals surface area contributed by atoms with Crippen LogP contribution in [-0.4, -0.2) is 41.8 Å². The van der Waals surface area contributed by atoms with Crippen LogP contribution in [0.5, 0.6) is 0 Å². The third kappa shape index (κ3) is 5.18. The molecular formula is C26H30N2O5. The predicted octanol–water partition coefficient (Wildman–Crippen LogP) is 4.06. The number of aliphatic carboxylic acids is 1. The number of nitrogens with one attached hydrogen (secondary N) is 2. The summed E-state index contributed by atoms with van der Waals surface area (Å²) in [6.07, 6.45) is 1.98. The number of fused-ring (bicyclic) bond motifs is 3. The van der Waals surface area contributed by atoms with Crippen LogP contribution in [0.4, 0.5) is 4.79 Å². The van der Waals surface area contributed by atoms with E-state index in [1.165, 1.54) is 0 Å². The molecule has 33 heavy (non-hydrogen) atoms. The quantitative estimate of drug-likeness (QED) is 0.506. The summed E-state index contributed by atoms with van der Waals surface area (Å²) >= 11 is 0. The summed E-state index contributed by atoms with van der Waals surface area (Å²) in [6, 6.07) is 16.3. The van der Waals surface area contributed by atoms with Gasteiger partial charge in [0.15, 0.2) is 0 Å². The van der Waals surface area contributed by atoms with Gasteiger partial charge in [-0.3, -0.25) is 9.59 Å². The highest BCUT2D eigenvalue weighted by Crippen LogP contribution is 2.44. The van der Waals surface area contributed by atoms with E-state index in [4.69, 9.17) is 9.84 Å². The molecule has 2 aliphatic carbocycles. The third-order valence-corrected chi connectivity index (χ3v) is 6.64. The maximum absolute atomic E-state index is 12.6. The zero-order valence-electron chi connectivity index (χ0n) is 18.8. The molecule has 3 N–H and O–H groups in total. The molecule has 0 aliphatic heterocycles. The normalized spacial score (nSPS) is 16.3. The molecule has 7 nitrogen and oxygen atoms in total. The Labute approximate surface area is 193 Å². The van der Waals surface area contributed by atoms with Gasteiger partial charge in [0.1, 0.15) is 12.1 Å². The van der Waals surface area contributed by atoms with E-state index >= 15 is 0 Å². The molecule has 0 radical (unpaired) electrons. The largest absolute Gasteiger partial charge is 0.481 e. The van der Waals surface area contributed by atoms with Crippen molar-refractivity contribution >= 4 is 18.0 Å². The average Bonchev–Trinajstić information content (AvgIpc) is 3.52. The van der Waals surface area contributed by atoms with E-state index in [0.29, 0.717) is 32.2 Å². The van der Waals surface area contributed by atoms with Crippen molar-refractivity contribution < 1.29 is 24.2 Å². The number of hydrogen-bond donors (Lipinski definition) is 3. The highest BCUT2D eigenvalue weighted by Gasteiger charge is 2.51. The smallest absolute Gasteiger partial charge is 0.408 e. The summed E-state index contributed by atoms with van der Waals surface area (Å²) in [7, 11) is 0. The van der Waals surface area contributed by atoms with Crippen LogP contribution in [-0.2, 0) is 14.3 Å². The van der Waals surface area contributed by atoms with Gasteiger partial charge in [0.25, 0.3) is 0 Å². The van der Waals surface area contributed by atoms with Crippen molar-refractivity contribution in [3.8, 4) is 11.1 Å². The number of hydrogen-bond acceptors (Lipinski definition) is 4. The number of carboxylic acid groups (broad SMARTS) is 1. The van der Waals surface area contributed by atoms with Crippen molar-refractivity contribution in [2.45, 2.75) is 50.5 Å². The number of alkyl carbamates (subject to hydrolysis) is 1. The lowest BCUT2D eigenvalue weighted by Gasteiger charge is -2.19. The molecule has 2 aromatic carbocycles. The monoisotopic (exact) mass is 450 g/mol. The Bertz CT molecular complexity index is 1000. The number of rotatable bonds is 10. The first-order valence-electron chi connectivity index (χ1n) is 11.5. The fourth-order valence-electron chi connectivity index (χ4n) is 4.48. The van der Waals surface area contributed by atoms with Gasteiger partial charge in [-0.05, 0) is 53.9 Å². The standard InChI is InChI=1S/C26H30N2O5/c1-17(10-11-23(29)30)12-15-27-24(31)26(13-14-26)28-25(32)33-16-22-20-8-4-2-6-18(20)19-7-3-5-9-21(19)22/h2-9,17,22H,10-16H2,1H3,(H,27,31)(H,28,32)(H,29,30). The van der Waals surface area contributed by atoms with E-state index in [1.54, 1.807) is 0 Å². The summed E-state index contributed by atoms with van der Waals surface area (Å²) in [6.45, 7) is 2.63. The van der Waals surface area contributed by atoms with Gasteiger partial charge in [-0.25, -0.2) is 4.79 Å². The Morgan fingerprint density at radius 1 is 1.03 bits per heavy atom. The Morgan fingerprint density at radius 3 is 2.21 bits per heavy atom. The molecule has 2 aliphatic rings. The van der Waals surface area contributed by atoms with Gasteiger partial charge >= 0.3 is 12.1 Å². The van der Waals surface area contributed by atoms with E-state index in [1.807, 2.05) is 31.2 Å². The Kier molecular flexibility index (Phi) is 6.67. The van der Waals surface area contributed by atoms with E-state index in [9.17, 15) is 14.4 Å². The molecule has 174 valence electrons. The Hall–Kier alpha value is -3.35. The molecule has 0 heterocycles. The van der Waals surface area contributed by atoms with Crippen molar-refractivity contribution in [3.05, 3.63) is 59.7 Å². The van der Waals surface area contributed by atoms with Crippen LogP contribution in [0, 0.1) is 5.92 Å². The lowest BCUT2D eigenvalue weighted by molar-refractivity contribution is -0.137. The maximum atomic E-state index is 12.6. The maximum Gasteiger partial charge on any atom is 0.408 e. The fourth-order valence-corrected chi connectivity index (χ4v) is 4.48. The second-order valence-electron chi connectivity index (χ2n) is 9.11. The van der Waals surface area contributed by atoms with Crippen molar-refractivity contribution in [2.24, 2.45) is 5.92 Å². The zero-order chi connectivity index (χ0) is 23.4. The van der Waals surface area contributed by atoms with Crippen LogP contribution in [0.3, 0.4) is 0 Å². The number of benzene rings is 2. The van der Waals surface area contributed by atoms with Gasteiger partial charge < -0.3 is 20.5 Å². The Balaban J connectivity index is 1.27. The minimum atomic E-state index is -0.896. The van der Waals surface area contributed by atoms with E-state index in [0.717, 1.165) is 22.3 Å². The first-order chi connectivity index (χ1) is 15.9. The lowest BCUT2D eigenvalue weighted by Crippen LogP contribution is -2.49. The number of carbonyl (C=O) groups is 3. The van der Waals surface area contributed by atoms with Crippen molar-refractivity contribution in [3.63, 3.8) is 0 Å². The second kappa shape index (κ2) is 9.65. The van der Waals surface area contributed by atoms with Crippen LogP contribution in [0.2, 0.25) is 0 Å². The summed E-state index contributed by atoms with van der Waals surface area (Å²) in [5.41, 5.74) is 3.72. The summed E-state index contributed by atoms with van der Waals surface area (Å²) < 4.78 is 5.58. The van der Waals surface area contributed by atoms with Gasteiger partial charge in [-0.15, -0.1) is 0 Å². The van der Waals surface area contributed by atoms with Crippen LogP contribution >= 0.6 is 0 Å².